The fourth-order valence-electron chi connectivity index (χ4n) is 1.64. The molecule has 0 spiro atoms. The highest BCUT2D eigenvalue weighted by Crippen LogP contribution is 2.33. The molecule has 0 atom stereocenters. The Balaban J connectivity index is 2.93. The SMILES string of the molecule is CCC(CCl)(CCl)Cc1ccc(C)cc1Cl. The number of benzene rings is 1. The molecule has 1 rings (SSSR count). The maximum absolute atomic E-state index is 6.22. The zero-order chi connectivity index (χ0) is 12.2. The largest absolute Gasteiger partial charge is 0.126 e. The molecule has 0 fully saturated rings. The van der Waals surface area contributed by atoms with Crippen molar-refractivity contribution in [3.63, 3.8) is 0 Å². The van der Waals surface area contributed by atoms with Gasteiger partial charge < -0.3 is 0 Å². The third-order valence-corrected chi connectivity index (χ3v) is 4.58. The van der Waals surface area contributed by atoms with Crippen molar-refractivity contribution in [2.45, 2.75) is 26.7 Å². The van der Waals surface area contributed by atoms with E-state index in [1.807, 2.05) is 13.0 Å². The predicted octanol–water partition coefficient (Wildman–Crippen LogP) is 5.06. The lowest BCUT2D eigenvalue weighted by atomic mass is 9.83. The minimum Gasteiger partial charge on any atom is -0.126 e. The first-order valence-corrected chi connectivity index (χ1v) is 6.88. The van der Waals surface area contributed by atoms with Crippen LogP contribution in [0, 0.1) is 12.3 Å². The van der Waals surface area contributed by atoms with E-state index in [9.17, 15) is 0 Å². The van der Waals surface area contributed by atoms with Crippen molar-refractivity contribution in [1.82, 2.24) is 0 Å². The van der Waals surface area contributed by atoms with Crippen LogP contribution in [0.15, 0.2) is 18.2 Å². The van der Waals surface area contributed by atoms with Gasteiger partial charge in [0.2, 0.25) is 0 Å². The van der Waals surface area contributed by atoms with Gasteiger partial charge in [-0.1, -0.05) is 30.7 Å². The zero-order valence-electron chi connectivity index (χ0n) is 9.69. The van der Waals surface area contributed by atoms with E-state index < -0.39 is 0 Å². The fourth-order valence-corrected chi connectivity index (χ4v) is 2.80. The smallest absolute Gasteiger partial charge is 0.0440 e. The van der Waals surface area contributed by atoms with Gasteiger partial charge in [0.25, 0.3) is 0 Å². The second-order valence-corrected chi connectivity index (χ2v) is 5.33. The molecular formula is C13H17Cl3. The summed E-state index contributed by atoms with van der Waals surface area (Å²) in [6.45, 7) is 4.15. The molecule has 90 valence electrons. The monoisotopic (exact) mass is 278 g/mol. The van der Waals surface area contributed by atoms with Crippen LogP contribution >= 0.6 is 34.8 Å². The van der Waals surface area contributed by atoms with Gasteiger partial charge in [0.05, 0.1) is 0 Å². The molecule has 0 aromatic heterocycles. The standard InChI is InChI=1S/C13H17Cl3/c1-3-13(8-14,9-15)7-11-5-4-10(2)6-12(11)16/h4-6H,3,7-9H2,1-2H3. The topological polar surface area (TPSA) is 0 Å². The second-order valence-electron chi connectivity index (χ2n) is 4.39. The van der Waals surface area contributed by atoms with Gasteiger partial charge in [-0.15, -0.1) is 23.2 Å². The molecule has 0 heterocycles. The molecule has 0 bridgehead atoms. The van der Waals surface area contributed by atoms with Crippen molar-refractivity contribution in [2.24, 2.45) is 5.41 Å². The highest BCUT2D eigenvalue weighted by Gasteiger charge is 2.27. The van der Waals surface area contributed by atoms with Gasteiger partial charge in [0.15, 0.2) is 0 Å². The van der Waals surface area contributed by atoms with Crippen LogP contribution in [0.5, 0.6) is 0 Å². The Labute approximate surface area is 113 Å². The van der Waals surface area contributed by atoms with Gasteiger partial charge >= 0.3 is 0 Å². The summed E-state index contributed by atoms with van der Waals surface area (Å²) in [5, 5.41) is 0.813. The van der Waals surface area contributed by atoms with Crippen LogP contribution in [0.2, 0.25) is 5.02 Å². The van der Waals surface area contributed by atoms with Gasteiger partial charge in [0, 0.05) is 22.2 Å². The maximum atomic E-state index is 6.22. The summed E-state index contributed by atoms with van der Waals surface area (Å²) in [5.41, 5.74) is 2.27. The number of alkyl halides is 2. The van der Waals surface area contributed by atoms with Gasteiger partial charge in [-0.25, -0.2) is 0 Å². The molecule has 0 aliphatic heterocycles. The van der Waals surface area contributed by atoms with E-state index in [4.69, 9.17) is 34.8 Å². The molecule has 16 heavy (non-hydrogen) atoms. The highest BCUT2D eigenvalue weighted by molar-refractivity contribution is 6.31. The number of hydrogen-bond acceptors (Lipinski definition) is 0. The molecule has 0 unspecified atom stereocenters. The van der Waals surface area contributed by atoms with E-state index in [1.54, 1.807) is 0 Å². The molecular weight excluding hydrogens is 263 g/mol. The summed E-state index contributed by atoms with van der Waals surface area (Å²) in [4.78, 5) is 0. The Morgan fingerprint density at radius 3 is 2.25 bits per heavy atom. The van der Waals surface area contributed by atoms with Gasteiger partial charge in [-0.05, 0) is 37.0 Å². The summed E-state index contributed by atoms with van der Waals surface area (Å²) in [7, 11) is 0. The lowest BCUT2D eigenvalue weighted by molar-refractivity contribution is 0.362. The molecule has 0 amide bonds. The van der Waals surface area contributed by atoms with Crippen molar-refractivity contribution in [1.29, 1.82) is 0 Å². The molecule has 0 nitrogen and oxygen atoms in total. The van der Waals surface area contributed by atoms with Crippen LogP contribution < -0.4 is 0 Å². The molecule has 0 radical (unpaired) electrons. The maximum Gasteiger partial charge on any atom is 0.0440 e. The zero-order valence-corrected chi connectivity index (χ0v) is 12.0. The van der Waals surface area contributed by atoms with Crippen LogP contribution in [0.3, 0.4) is 0 Å². The highest BCUT2D eigenvalue weighted by atomic mass is 35.5. The molecule has 0 saturated heterocycles. The first-order chi connectivity index (χ1) is 7.56. The molecule has 0 saturated carbocycles. The average Bonchev–Trinajstić information content (AvgIpc) is 2.29. The normalized spacial score (nSPS) is 11.8. The van der Waals surface area contributed by atoms with E-state index in [2.05, 4.69) is 19.1 Å². The number of halogens is 3. The van der Waals surface area contributed by atoms with Crippen LogP contribution in [-0.2, 0) is 6.42 Å². The van der Waals surface area contributed by atoms with Crippen molar-refractivity contribution in [3.8, 4) is 0 Å². The van der Waals surface area contributed by atoms with Crippen molar-refractivity contribution in [3.05, 3.63) is 34.3 Å². The van der Waals surface area contributed by atoms with Gasteiger partial charge in [-0.3, -0.25) is 0 Å². The predicted molar refractivity (Wildman–Crippen MR) is 74.1 cm³/mol. The van der Waals surface area contributed by atoms with Gasteiger partial charge in [0.1, 0.15) is 0 Å². The van der Waals surface area contributed by atoms with E-state index in [0.717, 1.165) is 23.4 Å². The number of aryl methyl sites for hydroxylation is 1. The van der Waals surface area contributed by atoms with Crippen LogP contribution in [-0.4, -0.2) is 11.8 Å². The van der Waals surface area contributed by atoms with E-state index in [1.165, 1.54) is 5.56 Å². The molecule has 1 aromatic rings. The van der Waals surface area contributed by atoms with Gasteiger partial charge in [-0.2, -0.15) is 0 Å². The fraction of sp³-hybridized carbons (Fsp3) is 0.538. The quantitative estimate of drug-likeness (QED) is 0.661. The van der Waals surface area contributed by atoms with E-state index in [-0.39, 0.29) is 5.41 Å². The van der Waals surface area contributed by atoms with Crippen LogP contribution in [0.25, 0.3) is 0 Å². The molecule has 1 aromatic carbocycles. The van der Waals surface area contributed by atoms with E-state index in [0.29, 0.717) is 11.8 Å². The summed E-state index contributed by atoms with van der Waals surface area (Å²) < 4.78 is 0. The third-order valence-electron chi connectivity index (χ3n) is 3.09. The van der Waals surface area contributed by atoms with Crippen molar-refractivity contribution >= 4 is 34.8 Å². The molecule has 0 N–H and O–H groups in total. The van der Waals surface area contributed by atoms with Crippen molar-refractivity contribution < 1.29 is 0 Å². The Morgan fingerprint density at radius 1 is 1.19 bits per heavy atom. The lowest BCUT2D eigenvalue weighted by Crippen LogP contribution is -2.27. The first kappa shape index (κ1) is 14.2. The Hall–Kier alpha value is 0.0900. The summed E-state index contributed by atoms with van der Waals surface area (Å²) in [5.74, 6) is 1.13. The number of hydrogen-bond donors (Lipinski definition) is 0. The average molecular weight is 280 g/mol. The summed E-state index contributed by atoms with van der Waals surface area (Å²) in [6, 6.07) is 6.13. The minimum absolute atomic E-state index is 0.0397. The summed E-state index contributed by atoms with van der Waals surface area (Å²) in [6.07, 6.45) is 1.81. The molecule has 0 aliphatic rings. The lowest BCUT2D eigenvalue weighted by Gasteiger charge is -2.28. The van der Waals surface area contributed by atoms with Crippen LogP contribution in [0.1, 0.15) is 24.5 Å². The Bertz CT molecular complexity index is 335. The molecule has 0 aliphatic carbocycles. The third kappa shape index (κ3) is 3.29. The molecule has 3 heteroatoms. The minimum atomic E-state index is -0.0397. The first-order valence-electron chi connectivity index (χ1n) is 5.44. The van der Waals surface area contributed by atoms with Crippen molar-refractivity contribution in [2.75, 3.05) is 11.8 Å². The second kappa shape index (κ2) is 6.14. The summed E-state index contributed by atoms with van der Waals surface area (Å²) >= 11 is 18.3. The van der Waals surface area contributed by atoms with E-state index >= 15 is 0 Å². The Kier molecular flexibility index (Phi) is 5.43. The number of rotatable bonds is 5. The van der Waals surface area contributed by atoms with Crippen LogP contribution in [0.4, 0.5) is 0 Å². The Morgan fingerprint density at radius 2 is 1.81 bits per heavy atom.